The smallest absolute Gasteiger partial charge is 0.271 e. The SMILES string of the molecule is CCCOc1ccc(/C=N/NC(=O)c2ccc3[nH]c4c(c3c2)CCCC4)cc1. The summed E-state index contributed by atoms with van der Waals surface area (Å²) in [7, 11) is 0. The highest BCUT2D eigenvalue weighted by Crippen LogP contribution is 2.29. The van der Waals surface area contributed by atoms with Crippen LogP contribution in [0.5, 0.6) is 5.75 Å². The maximum absolute atomic E-state index is 12.5. The third kappa shape index (κ3) is 3.93. The highest BCUT2D eigenvalue weighted by molar-refractivity contribution is 5.99. The Morgan fingerprint density at radius 3 is 2.82 bits per heavy atom. The summed E-state index contributed by atoms with van der Waals surface area (Å²) in [6.45, 7) is 2.78. The van der Waals surface area contributed by atoms with Crippen LogP contribution in [-0.4, -0.2) is 23.7 Å². The summed E-state index contributed by atoms with van der Waals surface area (Å²) in [6, 6.07) is 13.4. The van der Waals surface area contributed by atoms with Crippen molar-refractivity contribution in [1.29, 1.82) is 0 Å². The number of carbonyl (C=O) groups is 1. The van der Waals surface area contributed by atoms with Gasteiger partial charge in [-0.2, -0.15) is 5.10 Å². The summed E-state index contributed by atoms with van der Waals surface area (Å²) in [6.07, 6.45) is 7.23. The van der Waals surface area contributed by atoms with Crippen LogP contribution in [0.1, 0.15) is 53.4 Å². The molecule has 0 atom stereocenters. The molecule has 0 unspecified atom stereocenters. The minimum atomic E-state index is -0.202. The number of nitrogens with one attached hydrogen (secondary N) is 2. The summed E-state index contributed by atoms with van der Waals surface area (Å²) in [4.78, 5) is 16.0. The van der Waals surface area contributed by atoms with E-state index in [1.165, 1.54) is 24.1 Å². The van der Waals surface area contributed by atoms with E-state index in [1.807, 2.05) is 42.5 Å². The van der Waals surface area contributed by atoms with Crippen molar-refractivity contribution in [3.63, 3.8) is 0 Å². The number of amides is 1. The molecule has 0 aliphatic heterocycles. The normalized spacial score (nSPS) is 13.6. The Labute approximate surface area is 164 Å². The lowest BCUT2D eigenvalue weighted by Gasteiger charge is -2.10. The molecule has 1 aliphatic carbocycles. The van der Waals surface area contributed by atoms with Crippen LogP contribution in [0.15, 0.2) is 47.6 Å². The van der Waals surface area contributed by atoms with Gasteiger partial charge in [0.1, 0.15) is 5.75 Å². The van der Waals surface area contributed by atoms with E-state index in [0.717, 1.165) is 41.5 Å². The number of benzene rings is 2. The zero-order chi connectivity index (χ0) is 19.3. The van der Waals surface area contributed by atoms with Crippen molar-refractivity contribution in [2.45, 2.75) is 39.0 Å². The van der Waals surface area contributed by atoms with Crippen LogP contribution in [0.25, 0.3) is 10.9 Å². The first-order chi connectivity index (χ1) is 13.7. The molecular formula is C23H25N3O2. The number of hydrogen-bond donors (Lipinski definition) is 2. The fourth-order valence-electron chi connectivity index (χ4n) is 3.65. The molecule has 5 heteroatoms. The molecule has 0 radical (unpaired) electrons. The topological polar surface area (TPSA) is 66.5 Å². The van der Waals surface area contributed by atoms with E-state index >= 15 is 0 Å². The van der Waals surface area contributed by atoms with Gasteiger partial charge in [-0.3, -0.25) is 4.79 Å². The molecule has 2 N–H and O–H groups in total. The number of rotatable bonds is 6. The number of aromatic amines is 1. The Morgan fingerprint density at radius 1 is 1.18 bits per heavy atom. The molecule has 3 aromatic rings. The second kappa shape index (κ2) is 8.30. The molecule has 1 aromatic heterocycles. The summed E-state index contributed by atoms with van der Waals surface area (Å²) >= 11 is 0. The molecule has 1 heterocycles. The predicted molar refractivity (Wildman–Crippen MR) is 112 cm³/mol. The maximum atomic E-state index is 12.5. The number of carbonyl (C=O) groups excluding carboxylic acids is 1. The van der Waals surface area contributed by atoms with Crippen LogP contribution in [0.3, 0.4) is 0 Å². The zero-order valence-electron chi connectivity index (χ0n) is 16.1. The molecule has 144 valence electrons. The Balaban J connectivity index is 1.42. The summed E-state index contributed by atoms with van der Waals surface area (Å²) in [5.74, 6) is 0.637. The van der Waals surface area contributed by atoms with Gasteiger partial charge in [0.2, 0.25) is 0 Å². The van der Waals surface area contributed by atoms with E-state index in [2.05, 4.69) is 22.4 Å². The van der Waals surface area contributed by atoms with Gasteiger partial charge in [0.25, 0.3) is 5.91 Å². The monoisotopic (exact) mass is 375 g/mol. The predicted octanol–water partition coefficient (Wildman–Crippen LogP) is 4.60. The second-order valence-electron chi connectivity index (χ2n) is 7.17. The lowest BCUT2D eigenvalue weighted by atomic mass is 9.95. The average molecular weight is 375 g/mol. The molecule has 4 rings (SSSR count). The van der Waals surface area contributed by atoms with E-state index in [1.54, 1.807) is 6.21 Å². The zero-order valence-corrected chi connectivity index (χ0v) is 16.1. The standard InChI is InChI=1S/C23H25N3O2/c1-2-13-28-18-10-7-16(8-11-18)15-24-26-23(27)17-9-12-22-20(14-17)19-5-3-4-6-21(19)25-22/h7-12,14-15,25H,2-6,13H2,1H3,(H,26,27)/b24-15+. The van der Waals surface area contributed by atoms with Crippen molar-refractivity contribution in [3.8, 4) is 5.75 Å². The van der Waals surface area contributed by atoms with Crippen LogP contribution in [0.2, 0.25) is 0 Å². The van der Waals surface area contributed by atoms with Crippen molar-refractivity contribution >= 4 is 23.0 Å². The number of hydrazone groups is 1. The van der Waals surface area contributed by atoms with E-state index in [0.29, 0.717) is 12.2 Å². The minimum Gasteiger partial charge on any atom is -0.494 e. The lowest BCUT2D eigenvalue weighted by Crippen LogP contribution is -2.17. The van der Waals surface area contributed by atoms with Crippen LogP contribution in [0.4, 0.5) is 0 Å². The number of fused-ring (bicyclic) bond motifs is 3. The lowest BCUT2D eigenvalue weighted by molar-refractivity contribution is 0.0955. The molecule has 0 fully saturated rings. The molecule has 0 saturated carbocycles. The van der Waals surface area contributed by atoms with Gasteiger partial charge in [0.05, 0.1) is 12.8 Å². The Morgan fingerprint density at radius 2 is 2.00 bits per heavy atom. The second-order valence-corrected chi connectivity index (χ2v) is 7.17. The Kier molecular flexibility index (Phi) is 5.42. The molecule has 1 aliphatic rings. The third-order valence-electron chi connectivity index (χ3n) is 5.09. The number of aromatic nitrogens is 1. The van der Waals surface area contributed by atoms with Gasteiger partial charge in [-0.1, -0.05) is 6.92 Å². The minimum absolute atomic E-state index is 0.202. The van der Waals surface area contributed by atoms with Crippen molar-refractivity contribution in [2.75, 3.05) is 6.61 Å². The summed E-state index contributed by atoms with van der Waals surface area (Å²) in [5.41, 5.74) is 7.95. The Hall–Kier alpha value is -3.08. The van der Waals surface area contributed by atoms with Crippen molar-refractivity contribution in [3.05, 3.63) is 64.8 Å². The molecule has 0 bridgehead atoms. The van der Waals surface area contributed by atoms with Gasteiger partial charge in [-0.05, 0) is 85.7 Å². The first-order valence-electron chi connectivity index (χ1n) is 9.94. The molecule has 28 heavy (non-hydrogen) atoms. The summed E-state index contributed by atoms with van der Waals surface area (Å²) < 4.78 is 5.56. The maximum Gasteiger partial charge on any atom is 0.271 e. The van der Waals surface area contributed by atoms with E-state index in [-0.39, 0.29) is 5.91 Å². The number of aryl methyl sites for hydroxylation is 2. The van der Waals surface area contributed by atoms with Crippen molar-refractivity contribution in [2.24, 2.45) is 5.10 Å². The third-order valence-corrected chi connectivity index (χ3v) is 5.09. The van der Waals surface area contributed by atoms with Gasteiger partial charge in [0.15, 0.2) is 0 Å². The van der Waals surface area contributed by atoms with Crippen molar-refractivity contribution < 1.29 is 9.53 Å². The fraction of sp³-hybridized carbons (Fsp3) is 0.304. The van der Waals surface area contributed by atoms with Crippen LogP contribution >= 0.6 is 0 Å². The molecule has 2 aromatic carbocycles. The largest absolute Gasteiger partial charge is 0.494 e. The average Bonchev–Trinajstić information content (AvgIpc) is 3.11. The van der Waals surface area contributed by atoms with E-state index < -0.39 is 0 Å². The van der Waals surface area contributed by atoms with Crippen LogP contribution in [-0.2, 0) is 12.8 Å². The first kappa shape index (κ1) is 18.3. The van der Waals surface area contributed by atoms with Gasteiger partial charge < -0.3 is 9.72 Å². The highest BCUT2D eigenvalue weighted by Gasteiger charge is 2.16. The fourth-order valence-corrected chi connectivity index (χ4v) is 3.65. The van der Waals surface area contributed by atoms with Crippen LogP contribution in [0, 0.1) is 0 Å². The number of ether oxygens (including phenoxy) is 1. The molecular weight excluding hydrogens is 350 g/mol. The molecule has 1 amide bonds. The first-order valence-corrected chi connectivity index (χ1v) is 9.94. The number of H-pyrrole nitrogens is 1. The van der Waals surface area contributed by atoms with E-state index in [9.17, 15) is 4.79 Å². The van der Waals surface area contributed by atoms with Gasteiger partial charge in [-0.15, -0.1) is 0 Å². The summed E-state index contributed by atoms with van der Waals surface area (Å²) in [5, 5.41) is 5.25. The molecule has 0 spiro atoms. The van der Waals surface area contributed by atoms with Crippen molar-refractivity contribution in [1.82, 2.24) is 10.4 Å². The van der Waals surface area contributed by atoms with Gasteiger partial charge in [-0.25, -0.2) is 5.43 Å². The molecule has 0 saturated heterocycles. The van der Waals surface area contributed by atoms with Crippen LogP contribution < -0.4 is 10.2 Å². The molecule has 5 nitrogen and oxygen atoms in total. The highest BCUT2D eigenvalue weighted by atomic mass is 16.5. The Bertz CT molecular complexity index is 1000. The number of nitrogens with zero attached hydrogens (tertiary/aromatic N) is 1. The van der Waals surface area contributed by atoms with Gasteiger partial charge >= 0.3 is 0 Å². The quantitative estimate of drug-likeness (QED) is 0.488. The van der Waals surface area contributed by atoms with Gasteiger partial charge in [0, 0.05) is 22.2 Å². The van der Waals surface area contributed by atoms with E-state index in [4.69, 9.17) is 4.74 Å². The number of hydrogen-bond acceptors (Lipinski definition) is 3.